The van der Waals surface area contributed by atoms with Crippen LogP contribution in [-0.2, 0) is 6.42 Å². The average molecular weight is 352 g/mol. The second kappa shape index (κ2) is 7.57. The van der Waals surface area contributed by atoms with Gasteiger partial charge in [0.2, 0.25) is 0 Å². The first-order valence-electron chi connectivity index (χ1n) is 6.98. The van der Waals surface area contributed by atoms with E-state index in [2.05, 4.69) is 21.2 Å². The van der Waals surface area contributed by atoms with Gasteiger partial charge in [0.25, 0.3) is 0 Å². The number of benzene rings is 2. The molecule has 0 radical (unpaired) electrons. The summed E-state index contributed by atoms with van der Waals surface area (Å²) in [6.45, 7) is 2.59. The van der Waals surface area contributed by atoms with Crippen LogP contribution in [0.5, 0.6) is 5.75 Å². The summed E-state index contributed by atoms with van der Waals surface area (Å²) >= 11 is 3.48. The van der Waals surface area contributed by atoms with Gasteiger partial charge in [-0.15, -0.1) is 0 Å². The summed E-state index contributed by atoms with van der Waals surface area (Å²) < 4.78 is 20.0. The lowest BCUT2D eigenvalue weighted by molar-refractivity contribution is 0.332. The molecule has 0 heterocycles. The van der Waals surface area contributed by atoms with E-state index in [9.17, 15) is 4.39 Å². The molecule has 1 unspecified atom stereocenters. The molecule has 0 saturated carbocycles. The molecule has 2 aromatic carbocycles. The number of rotatable bonds is 6. The Morgan fingerprint density at radius 1 is 1.24 bits per heavy atom. The molecule has 0 aliphatic rings. The highest BCUT2D eigenvalue weighted by molar-refractivity contribution is 9.10. The van der Waals surface area contributed by atoms with Crippen LogP contribution >= 0.6 is 15.9 Å². The van der Waals surface area contributed by atoms with Crippen molar-refractivity contribution in [1.82, 2.24) is 5.32 Å². The zero-order valence-corrected chi connectivity index (χ0v) is 13.8. The van der Waals surface area contributed by atoms with Gasteiger partial charge in [0.1, 0.15) is 11.6 Å². The lowest BCUT2D eigenvalue weighted by Gasteiger charge is -2.20. The van der Waals surface area contributed by atoms with Gasteiger partial charge in [0, 0.05) is 16.1 Å². The first kappa shape index (κ1) is 16.0. The van der Waals surface area contributed by atoms with E-state index in [0.717, 1.165) is 21.3 Å². The molecule has 112 valence electrons. The monoisotopic (exact) mass is 351 g/mol. The molecule has 0 fully saturated rings. The highest BCUT2D eigenvalue weighted by Crippen LogP contribution is 2.30. The van der Waals surface area contributed by atoms with Crippen molar-refractivity contribution in [1.29, 1.82) is 0 Å². The molecule has 0 saturated heterocycles. The van der Waals surface area contributed by atoms with Gasteiger partial charge >= 0.3 is 0 Å². The summed E-state index contributed by atoms with van der Waals surface area (Å²) in [7, 11) is 1.90. The molecule has 2 rings (SSSR count). The number of nitrogens with one attached hydrogen (secondary N) is 1. The zero-order valence-electron chi connectivity index (χ0n) is 12.2. The standard InChI is InChI=1S/C17H19BrFNO/c1-3-21-17-7-5-4-6-14(17)16(20-2)11-12-10-13(19)8-9-15(12)18/h4-10,16,20H,3,11H2,1-2H3. The van der Waals surface area contributed by atoms with Gasteiger partial charge in [-0.05, 0) is 50.2 Å². The lowest BCUT2D eigenvalue weighted by atomic mass is 9.98. The van der Waals surface area contributed by atoms with Crippen molar-refractivity contribution < 1.29 is 9.13 Å². The minimum atomic E-state index is -0.221. The molecular weight excluding hydrogens is 333 g/mol. The van der Waals surface area contributed by atoms with Crippen LogP contribution in [-0.4, -0.2) is 13.7 Å². The summed E-state index contributed by atoms with van der Waals surface area (Å²) in [5, 5.41) is 3.29. The van der Waals surface area contributed by atoms with Crippen molar-refractivity contribution in [3.8, 4) is 5.75 Å². The molecule has 21 heavy (non-hydrogen) atoms. The molecule has 0 bridgehead atoms. The lowest BCUT2D eigenvalue weighted by Crippen LogP contribution is -2.20. The van der Waals surface area contributed by atoms with Crippen molar-refractivity contribution in [3.63, 3.8) is 0 Å². The summed E-state index contributed by atoms with van der Waals surface area (Å²) in [5.74, 6) is 0.646. The van der Waals surface area contributed by atoms with Crippen LogP contribution < -0.4 is 10.1 Å². The fourth-order valence-electron chi connectivity index (χ4n) is 2.34. The Morgan fingerprint density at radius 2 is 2.00 bits per heavy atom. The van der Waals surface area contributed by atoms with E-state index in [-0.39, 0.29) is 11.9 Å². The molecule has 2 aromatic rings. The van der Waals surface area contributed by atoms with Gasteiger partial charge in [-0.25, -0.2) is 4.39 Å². The van der Waals surface area contributed by atoms with E-state index in [1.807, 2.05) is 38.2 Å². The SMILES string of the molecule is CCOc1ccccc1C(Cc1cc(F)ccc1Br)NC. The first-order valence-corrected chi connectivity index (χ1v) is 7.78. The maximum atomic E-state index is 13.4. The molecule has 4 heteroatoms. The van der Waals surface area contributed by atoms with E-state index in [1.54, 1.807) is 12.1 Å². The molecule has 0 aliphatic carbocycles. The Balaban J connectivity index is 2.30. The third kappa shape index (κ3) is 4.05. The van der Waals surface area contributed by atoms with E-state index >= 15 is 0 Å². The summed E-state index contributed by atoms with van der Waals surface area (Å²) in [4.78, 5) is 0. The van der Waals surface area contributed by atoms with Crippen LogP contribution in [0.4, 0.5) is 4.39 Å². The normalized spacial score (nSPS) is 12.2. The minimum Gasteiger partial charge on any atom is -0.494 e. The largest absolute Gasteiger partial charge is 0.494 e. The predicted molar refractivity (Wildman–Crippen MR) is 87.2 cm³/mol. The van der Waals surface area contributed by atoms with Crippen LogP contribution in [0.3, 0.4) is 0 Å². The number of para-hydroxylation sites is 1. The number of likely N-dealkylation sites (N-methyl/N-ethyl adjacent to an activating group) is 1. The van der Waals surface area contributed by atoms with Gasteiger partial charge in [0.15, 0.2) is 0 Å². The van der Waals surface area contributed by atoms with Crippen LogP contribution in [0.1, 0.15) is 24.1 Å². The maximum Gasteiger partial charge on any atom is 0.124 e. The number of hydrogen-bond donors (Lipinski definition) is 1. The maximum absolute atomic E-state index is 13.4. The van der Waals surface area contributed by atoms with Gasteiger partial charge in [-0.1, -0.05) is 34.1 Å². The summed E-state index contributed by atoms with van der Waals surface area (Å²) in [6.07, 6.45) is 0.679. The fourth-order valence-corrected chi connectivity index (χ4v) is 2.75. The second-order valence-electron chi connectivity index (χ2n) is 4.75. The number of halogens is 2. The number of ether oxygens (including phenoxy) is 1. The zero-order chi connectivity index (χ0) is 15.2. The molecular formula is C17H19BrFNO. The Labute approximate surface area is 133 Å². The smallest absolute Gasteiger partial charge is 0.124 e. The van der Waals surface area contributed by atoms with E-state index in [0.29, 0.717) is 13.0 Å². The van der Waals surface area contributed by atoms with Crippen LogP contribution in [0, 0.1) is 5.82 Å². The third-order valence-corrected chi connectivity index (χ3v) is 4.15. The van der Waals surface area contributed by atoms with Crippen LogP contribution in [0.15, 0.2) is 46.9 Å². The van der Waals surface area contributed by atoms with Gasteiger partial charge in [-0.2, -0.15) is 0 Å². The third-order valence-electron chi connectivity index (χ3n) is 3.37. The summed E-state index contributed by atoms with van der Waals surface area (Å²) in [5.41, 5.74) is 2.01. The molecule has 1 atom stereocenters. The Bertz CT molecular complexity index is 603. The second-order valence-corrected chi connectivity index (χ2v) is 5.61. The van der Waals surface area contributed by atoms with Crippen LogP contribution in [0.2, 0.25) is 0 Å². The Kier molecular flexibility index (Phi) is 5.76. The Morgan fingerprint density at radius 3 is 2.71 bits per heavy atom. The van der Waals surface area contributed by atoms with Gasteiger partial charge in [0.05, 0.1) is 6.61 Å². The fraction of sp³-hybridized carbons (Fsp3) is 0.294. The van der Waals surface area contributed by atoms with Crippen molar-refractivity contribution in [3.05, 3.63) is 63.9 Å². The molecule has 0 spiro atoms. The molecule has 2 nitrogen and oxygen atoms in total. The predicted octanol–water partition coefficient (Wildman–Crippen LogP) is 4.49. The van der Waals surface area contributed by atoms with Crippen molar-refractivity contribution in [2.75, 3.05) is 13.7 Å². The van der Waals surface area contributed by atoms with E-state index in [4.69, 9.17) is 4.74 Å². The van der Waals surface area contributed by atoms with Crippen LogP contribution in [0.25, 0.3) is 0 Å². The quantitative estimate of drug-likeness (QED) is 0.827. The van der Waals surface area contributed by atoms with Crippen molar-refractivity contribution in [2.24, 2.45) is 0 Å². The molecule has 0 aromatic heterocycles. The highest BCUT2D eigenvalue weighted by Gasteiger charge is 2.16. The number of hydrogen-bond acceptors (Lipinski definition) is 2. The molecule has 0 amide bonds. The Hall–Kier alpha value is -1.39. The highest BCUT2D eigenvalue weighted by atomic mass is 79.9. The average Bonchev–Trinajstić information content (AvgIpc) is 2.49. The topological polar surface area (TPSA) is 21.3 Å². The van der Waals surface area contributed by atoms with Gasteiger partial charge < -0.3 is 10.1 Å². The van der Waals surface area contributed by atoms with Crippen molar-refractivity contribution in [2.45, 2.75) is 19.4 Å². The van der Waals surface area contributed by atoms with Gasteiger partial charge in [-0.3, -0.25) is 0 Å². The summed E-state index contributed by atoms with van der Waals surface area (Å²) in [6, 6.07) is 12.8. The molecule has 0 aliphatic heterocycles. The van der Waals surface area contributed by atoms with Crippen molar-refractivity contribution >= 4 is 15.9 Å². The molecule has 1 N–H and O–H groups in total. The van der Waals surface area contributed by atoms with E-state index in [1.165, 1.54) is 6.07 Å². The first-order chi connectivity index (χ1) is 10.2. The van der Waals surface area contributed by atoms with E-state index < -0.39 is 0 Å². The minimum absolute atomic E-state index is 0.0610.